The molecule has 1 fully saturated rings. The van der Waals surface area contributed by atoms with Crippen LogP contribution >= 0.6 is 0 Å². The van der Waals surface area contributed by atoms with Crippen LogP contribution in [0.25, 0.3) is 28.4 Å². The number of H-pyrrole nitrogens is 1. The third kappa shape index (κ3) is 4.85. The molecule has 0 unspecified atom stereocenters. The predicted octanol–water partition coefficient (Wildman–Crippen LogP) is 5.23. The van der Waals surface area contributed by atoms with Crippen LogP contribution in [0.4, 0.5) is 0 Å². The van der Waals surface area contributed by atoms with Gasteiger partial charge in [-0.3, -0.25) is 5.10 Å². The van der Waals surface area contributed by atoms with Gasteiger partial charge in [0.1, 0.15) is 12.0 Å². The fourth-order valence-corrected chi connectivity index (χ4v) is 5.30. The number of piperidine rings is 1. The molecule has 0 spiro atoms. The minimum Gasteiger partial charge on any atom is -0.303 e. The number of fused-ring (bicyclic) bond motifs is 1. The van der Waals surface area contributed by atoms with Crippen LogP contribution in [-0.4, -0.2) is 59.3 Å². The van der Waals surface area contributed by atoms with Gasteiger partial charge < -0.3 is 4.90 Å². The minimum atomic E-state index is 0.251. The number of nitrogens with zero attached hydrogens (tertiary/aromatic N) is 7. The standard InChI is InChI=1S/C27H36N8/c1-17(2)22-23(20-11-18(3)26-30-16-31-35(26)14-20)32-33-24(22)25-28-12-21(13-29-25)19-7-9-34(10-8-19)15-27(4,5)6/h11-14,16-17,19H,7-10,15H2,1-6H3,(H,32,33). The molecule has 0 atom stereocenters. The van der Waals surface area contributed by atoms with Crippen LogP contribution in [0.15, 0.2) is 31.0 Å². The molecule has 4 aromatic rings. The number of hydrogen-bond acceptors (Lipinski definition) is 6. The number of rotatable bonds is 5. The highest BCUT2D eigenvalue weighted by Crippen LogP contribution is 2.35. The number of likely N-dealkylation sites (tertiary alicyclic amines) is 1. The Morgan fingerprint density at radius 1 is 1.09 bits per heavy atom. The zero-order valence-corrected chi connectivity index (χ0v) is 21.7. The Bertz CT molecular complexity index is 1300. The van der Waals surface area contributed by atoms with Crippen molar-refractivity contribution in [2.45, 2.75) is 66.2 Å². The van der Waals surface area contributed by atoms with Gasteiger partial charge in [-0.1, -0.05) is 34.6 Å². The van der Waals surface area contributed by atoms with Crippen molar-refractivity contribution in [2.75, 3.05) is 19.6 Å². The second-order valence-electron chi connectivity index (χ2n) is 11.4. The summed E-state index contributed by atoms with van der Waals surface area (Å²) in [5, 5.41) is 12.2. The minimum absolute atomic E-state index is 0.251. The maximum Gasteiger partial charge on any atom is 0.177 e. The Kier molecular flexibility index (Phi) is 6.17. The molecule has 1 aliphatic heterocycles. The largest absolute Gasteiger partial charge is 0.303 e. The van der Waals surface area contributed by atoms with Crippen LogP contribution in [0.5, 0.6) is 0 Å². The van der Waals surface area contributed by atoms with Crippen molar-refractivity contribution in [1.82, 2.24) is 39.7 Å². The van der Waals surface area contributed by atoms with Gasteiger partial charge in [0, 0.05) is 36.3 Å². The average molecular weight is 473 g/mol. The lowest BCUT2D eigenvalue weighted by molar-refractivity contribution is 0.154. The van der Waals surface area contributed by atoms with Gasteiger partial charge in [-0.15, -0.1) is 0 Å². The van der Waals surface area contributed by atoms with Crippen LogP contribution in [0, 0.1) is 12.3 Å². The van der Waals surface area contributed by atoms with Crippen molar-refractivity contribution in [3.05, 3.63) is 47.7 Å². The van der Waals surface area contributed by atoms with Crippen molar-refractivity contribution >= 4 is 5.65 Å². The van der Waals surface area contributed by atoms with Crippen LogP contribution < -0.4 is 0 Å². The number of pyridine rings is 1. The molecule has 0 saturated carbocycles. The summed E-state index contributed by atoms with van der Waals surface area (Å²) >= 11 is 0. The van der Waals surface area contributed by atoms with E-state index < -0.39 is 0 Å². The summed E-state index contributed by atoms with van der Waals surface area (Å²) in [6.07, 6.45) is 9.92. The molecule has 4 aromatic heterocycles. The molecule has 5 heterocycles. The molecule has 5 rings (SSSR count). The Morgan fingerprint density at radius 2 is 1.80 bits per heavy atom. The molecule has 1 N–H and O–H groups in total. The fourth-order valence-electron chi connectivity index (χ4n) is 5.30. The van der Waals surface area contributed by atoms with Crippen LogP contribution in [0.2, 0.25) is 0 Å². The zero-order chi connectivity index (χ0) is 24.7. The molecule has 0 radical (unpaired) electrons. The second kappa shape index (κ2) is 9.15. The van der Waals surface area contributed by atoms with Gasteiger partial charge in [0.05, 0.1) is 5.69 Å². The van der Waals surface area contributed by atoms with E-state index in [2.05, 4.69) is 60.8 Å². The van der Waals surface area contributed by atoms with E-state index >= 15 is 0 Å². The lowest BCUT2D eigenvalue weighted by Crippen LogP contribution is -2.38. The monoisotopic (exact) mass is 472 g/mol. The van der Waals surface area contributed by atoms with Gasteiger partial charge in [0.15, 0.2) is 11.5 Å². The summed E-state index contributed by atoms with van der Waals surface area (Å²) in [7, 11) is 0. The van der Waals surface area contributed by atoms with Crippen LogP contribution in [-0.2, 0) is 0 Å². The molecule has 35 heavy (non-hydrogen) atoms. The van der Waals surface area contributed by atoms with Crippen LogP contribution in [0.1, 0.15) is 76.0 Å². The molecule has 1 saturated heterocycles. The number of aromatic amines is 1. The number of aromatic nitrogens is 7. The highest BCUT2D eigenvalue weighted by Gasteiger charge is 2.25. The van der Waals surface area contributed by atoms with Crippen molar-refractivity contribution in [2.24, 2.45) is 5.41 Å². The quantitative estimate of drug-likeness (QED) is 0.428. The van der Waals surface area contributed by atoms with Crippen molar-refractivity contribution in [3.8, 4) is 22.8 Å². The molecule has 0 aromatic carbocycles. The number of aryl methyl sites for hydroxylation is 1. The van der Waals surface area contributed by atoms with E-state index in [0.717, 1.165) is 66.2 Å². The first-order chi connectivity index (χ1) is 16.7. The van der Waals surface area contributed by atoms with Gasteiger partial charge in [-0.2, -0.15) is 10.2 Å². The number of nitrogens with one attached hydrogen (secondary N) is 1. The highest BCUT2D eigenvalue weighted by atomic mass is 15.3. The summed E-state index contributed by atoms with van der Waals surface area (Å²) in [5.41, 5.74) is 7.42. The maximum atomic E-state index is 4.79. The van der Waals surface area contributed by atoms with E-state index in [0.29, 0.717) is 17.2 Å². The van der Waals surface area contributed by atoms with Gasteiger partial charge in [0.2, 0.25) is 0 Å². The summed E-state index contributed by atoms with van der Waals surface area (Å²) < 4.78 is 1.81. The molecule has 0 amide bonds. The summed E-state index contributed by atoms with van der Waals surface area (Å²) in [6.45, 7) is 16.8. The van der Waals surface area contributed by atoms with E-state index in [1.54, 1.807) is 10.8 Å². The highest BCUT2D eigenvalue weighted by molar-refractivity contribution is 5.73. The smallest absolute Gasteiger partial charge is 0.177 e. The Balaban J connectivity index is 1.38. The van der Waals surface area contributed by atoms with Gasteiger partial charge in [0.25, 0.3) is 0 Å². The molecule has 0 aliphatic carbocycles. The number of hydrogen-bond donors (Lipinski definition) is 1. The molecule has 8 nitrogen and oxygen atoms in total. The van der Waals surface area contributed by atoms with Crippen molar-refractivity contribution < 1.29 is 0 Å². The summed E-state index contributed by atoms with van der Waals surface area (Å²) in [4.78, 5) is 16.5. The molecule has 184 valence electrons. The molecular weight excluding hydrogens is 436 g/mol. The lowest BCUT2D eigenvalue weighted by Gasteiger charge is -2.35. The fraction of sp³-hybridized carbons (Fsp3) is 0.519. The first kappa shape index (κ1) is 23.6. The third-order valence-corrected chi connectivity index (χ3v) is 6.87. The Hall–Kier alpha value is -3.13. The first-order valence-corrected chi connectivity index (χ1v) is 12.6. The normalized spacial score (nSPS) is 16.0. The first-order valence-electron chi connectivity index (χ1n) is 12.6. The SMILES string of the molecule is Cc1cc(-c2n[nH]c(-c3ncc(C4CCN(CC(C)(C)C)CC4)cn3)c2C(C)C)cn2ncnc12. The third-order valence-electron chi connectivity index (χ3n) is 6.87. The Labute approximate surface area is 207 Å². The predicted molar refractivity (Wildman–Crippen MR) is 138 cm³/mol. The van der Waals surface area contributed by atoms with Gasteiger partial charge >= 0.3 is 0 Å². The maximum absolute atomic E-state index is 4.79. The van der Waals surface area contributed by atoms with Crippen molar-refractivity contribution in [3.63, 3.8) is 0 Å². The van der Waals surface area contributed by atoms with E-state index in [9.17, 15) is 0 Å². The van der Waals surface area contributed by atoms with Gasteiger partial charge in [-0.05, 0) is 67.3 Å². The Morgan fingerprint density at radius 3 is 2.46 bits per heavy atom. The second-order valence-corrected chi connectivity index (χ2v) is 11.4. The average Bonchev–Trinajstić information content (AvgIpc) is 3.46. The molecular formula is C27H36N8. The van der Waals surface area contributed by atoms with Crippen LogP contribution in [0.3, 0.4) is 0 Å². The van der Waals surface area contributed by atoms with E-state index in [-0.39, 0.29) is 5.92 Å². The van der Waals surface area contributed by atoms with E-state index in [1.165, 1.54) is 5.56 Å². The summed E-state index contributed by atoms with van der Waals surface area (Å²) in [6, 6.07) is 2.12. The van der Waals surface area contributed by atoms with E-state index in [4.69, 9.17) is 15.1 Å². The van der Waals surface area contributed by atoms with Crippen molar-refractivity contribution in [1.29, 1.82) is 0 Å². The molecule has 1 aliphatic rings. The molecule has 0 bridgehead atoms. The lowest BCUT2D eigenvalue weighted by atomic mass is 9.89. The van der Waals surface area contributed by atoms with E-state index in [1.807, 2.05) is 25.5 Å². The topological polar surface area (TPSA) is 87.9 Å². The zero-order valence-electron chi connectivity index (χ0n) is 21.7. The summed E-state index contributed by atoms with van der Waals surface area (Å²) in [5.74, 6) is 1.47. The molecule has 8 heteroatoms. The van der Waals surface area contributed by atoms with Gasteiger partial charge in [-0.25, -0.2) is 19.5 Å².